The lowest BCUT2D eigenvalue weighted by atomic mass is 9.96. The molecule has 5 heteroatoms. The van der Waals surface area contributed by atoms with E-state index in [1.807, 2.05) is 20.8 Å². The Bertz CT molecular complexity index is 237. The standard InChI is InChI=1S/C11H21ClN2O2/c1-11(2,3)10(16)14-8-7-13-9(15)5-4-6-12/h4-8H2,1-3H3,(H,13,15)(H,14,16). The minimum Gasteiger partial charge on any atom is -0.354 e. The second-order valence-electron chi connectivity index (χ2n) is 4.65. The number of alkyl halides is 1. The van der Waals surface area contributed by atoms with E-state index in [1.165, 1.54) is 0 Å². The lowest BCUT2D eigenvalue weighted by Crippen LogP contribution is -2.39. The van der Waals surface area contributed by atoms with Gasteiger partial charge in [-0.1, -0.05) is 20.8 Å². The topological polar surface area (TPSA) is 58.2 Å². The largest absolute Gasteiger partial charge is 0.354 e. The predicted octanol–water partition coefficient (Wildman–Crippen LogP) is 1.28. The normalized spacial score (nSPS) is 11.0. The Morgan fingerprint density at radius 2 is 1.69 bits per heavy atom. The molecule has 0 bridgehead atoms. The van der Waals surface area contributed by atoms with Gasteiger partial charge in [-0.3, -0.25) is 9.59 Å². The number of nitrogens with one attached hydrogen (secondary N) is 2. The van der Waals surface area contributed by atoms with Gasteiger partial charge in [0.05, 0.1) is 0 Å². The molecule has 0 aromatic carbocycles. The van der Waals surface area contributed by atoms with Crippen molar-refractivity contribution in [3.05, 3.63) is 0 Å². The number of hydrogen-bond acceptors (Lipinski definition) is 2. The number of carbonyl (C=O) groups excluding carboxylic acids is 2. The van der Waals surface area contributed by atoms with Crippen LogP contribution in [0.5, 0.6) is 0 Å². The molecule has 0 spiro atoms. The minimum absolute atomic E-state index is 0.0116. The summed E-state index contributed by atoms with van der Waals surface area (Å²) in [7, 11) is 0. The molecule has 0 radical (unpaired) electrons. The molecule has 0 saturated heterocycles. The molecule has 16 heavy (non-hydrogen) atoms. The van der Waals surface area contributed by atoms with Crippen molar-refractivity contribution in [1.29, 1.82) is 0 Å². The third-order valence-corrected chi connectivity index (χ3v) is 2.22. The quantitative estimate of drug-likeness (QED) is 0.550. The summed E-state index contributed by atoms with van der Waals surface area (Å²) >= 11 is 5.46. The smallest absolute Gasteiger partial charge is 0.225 e. The second kappa shape index (κ2) is 7.49. The van der Waals surface area contributed by atoms with Gasteiger partial charge in [0.15, 0.2) is 0 Å². The van der Waals surface area contributed by atoms with Gasteiger partial charge in [0.25, 0.3) is 0 Å². The lowest BCUT2D eigenvalue weighted by molar-refractivity contribution is -0.128. The Kier molecular flexibility index (Phi) is 7.13. The van der Waals surface area contributed by atoms with Gasteiger partial charge in [-0.2, -0.15) is 0 Å². The SMILES string of the molecule is CC(C)(C)C(=O)NCCNC(=O)CCCCl. The first-order valence-corrected chi connectivity index (χ1v) is 6.02. The molecule has 94 valence electrons. The van der Waals surface area contributed by atoms with Gasteiger partial charge in [0.2, 0.25) is 11.8 Å². The van der Waals surface area contributed by atoms with E-state index in [1.54, 1.807) is 0 Å². The van der Waals surface area contributed by atoms with Crippen molar-refractivity contribution in [2.24, 2.45) is 5.41 Å². The zero-order valence-electron chi connectivity index (χ0n) is 10.2. The summed E-state index contributed by atoms with van der Waals surface area (Å²) in [4.78, 5) is 22.6. The summed E-state index contributed by atoms with van der Waals surface area (Å²) in [6.07, 6.45) is 1.12. The monoisotopic (exact) mass is 248 g/mol. The van der Waals surface area contributed by atoms with Crippen LogP contribution in [0.2, 0.25) is 0 Å². The molecule has 0 unspecified atom stereocenters. The van der Waals surface area contributed by atoms with E-state index in [9.17, 15) is 9.59 Å². The molecular formula is C11H21ClN2O2. The Balaban J connectivity index is 3.54. The highest BCUT2D eigenvalue weighted by molar-refractivity contribution is 6.17. The average Bonchev–Trinajstić information content (AvgIpc) is 2.19. The molecule has 0 atom stereocenters. The Labute approximate surface area is 102 Å². The molecule has 0 aromatic heterocycles. The van der Waals surface area contributed by atoms with Crippen molar-refractivity contribution >= 4 is 23.4 Å². The van der Waals surface area contributed by atoms with Crippen molar-refractivity contribution in [2.75, 3.05) is 19.0 Å². The van der Waals surface area contributed by atoms with Crippen molar-refractivity contribution in [2.45, 2.75) is 33.6 Å². The molecule has 2 amide bonds. The summed E-state index contributed by atoms with van der Waals surface area (Å²) in [6.45, 7) is 6.47. The van der Waals surface area contributed by atoms with Crippen LogP contribution in [0.1, 0.15) is 33.6 Å². The highest BCUT2D eigenvalue weighted by Crippen LogP contribution is 2.11. The highest BCUT2D eigenvalue weighted by atomic mass is 35.5. The molecule has 0 saturated carbocycles. The van der Waals surface area contributed by atoms with E-state index in [0.29, 0.717) is 31.8 Å². The van der Waals surface area contributed by atoms with Gasteiger partial charge in [-0.15, -0.1) is 11.6 Å². The van der Waals surface area contributed by atoms with Crippen molar-refractivity contribution in [3.63, 3.8) is 0 Å². The summed E-state index contributed by atoms with van der Waals surface area (Å²) in [6, 6.07) is 0. The first-order chi connectivity index (χ1) is 7.38. The van der Waals surface area contributed by atoms with Crippen LogP contribution in [-0.2, 0) is 9.59 Å². The number of hydrogen-bond donors (Lipinski definition) is 2. The molecule has 0 aliphatic carbocycles. The first kappa shape index (κ1) is 15.2. The van der Waals surface area contributed by atoms with E-state index in [2.05, 4.69) is 10.6 Å². The average molecular weight is 249 g/mol. The molecule has 2 N–H and O–H groups in total. The first-order valence-electron chi connectivity index (χ1n) is 5.49. The molecular weight excluding hydrogens is 228 g/mol. The number of rotatable bonds is 6. The Morgan fingerprint density at radius 3 is 2.19 bits per heavy atom. The molecule has 0 aliphatic heterocycles. The third-order valence-electron chi connectivity index (χ3n) is 1.95. The van der Waals surface area contributed by atoms with Gasteiger partial charge in [-0.25, -0.2) is 0 Å². The number of amides is 2. The van der Waals surface area contributed by atoms with Gasteiger partial charge in [0.1, 0.15) is 0 Å². The maximum absolute atomic E-state index is 11.4. The van der Waals surface area contributed by atoms with Gasteiger partial charge >= 0.3 is 0 Å². The maximum atomic E-state index is 11.4. The molecule has 4 nitrogen and oxygen atoms in total. The van der Waals surface area contributed by atoms with Gasteiger partial charge in [0, 0.05) is 30.8 Å². The highest BCUT2D eigenvalue weighted by Gasteiger charge is 2.20. The fraction of sp³-hybridized carbons (Fsp3) is 0.818. The number of carbonyl (C=O) groups is 2. The lowest BCUT2D eigenvalue weighted by Gasteiger charge is -2.17. The summed E-state index contributed by atoms with van der Waals surface area (Å²) in [5, 5.41) is 5.47. The second-order valence-corrected chi connectivity index (χ2v) is 5.03. The van der Waals surface area contributed by atoms with Crippen LogP contribution in [0.25, 0.3) is 0 Å². The van der Waals surface area contributed by atoms with E-state index >= 15 is 0 Å². The molecule has 0 heterocycles. The van der Waals surface area contributed by atoms with Crippen molar-refractivity contribution in [3.8, 4) is 0 Å². The van der Waals surface area contributed by atoms with Crippen LogP contribution < -0.4 is 10.6 Å². The van der Waals surface area contributed by atoms with Gasteiger partial charge in [-0.05, 0) is 6.42 Å². The van der Waals surface area contributed by atoms with Crippen LogP contribution in [0.15, 0.2) is 0 Å². The van der Waals surface area contributed by atoms with Crippen molar-refractivity contribution < 1.29 is 9.59 Å². The van der Waals surface area contributed by atoms with Crippen LogP contribution in [-0.4, -0.2) is 30.8 Å². The van der Waals surface area contributed by atoms with E-state index in [4.69, 9.17) is 11.6 Å². The fourth-order valence-corrected chi connectivity index (χ4v) is 1.09. The van der Waals surface area contributed by atoms with Crippen LogP contribution >= 0.6 is 11.6 Å². The van der Waals surface area contributed by atoms with Gasteiger partial charge < -0.3 is 10.6 Å². The zero-order valence-corrected chi connectivity index (χ0v) is 11.0. The molecule has 0 rings (SSSR count). The predicted molar refractivity (Wildman–Crippen MR) is 65.4 cm³/mol. The van der Waals surface area contributed by atoms with Crippen LogP contribution in [0.4, 0.5) is 0 Å². The summed E-state index contributed by atoms with van der Waals surface area (Å²) in [5.74, 6) is 0.460. The molecule has 0 aromatic rings. The van der Waals surface area contributed by atoms with Crippen LogP contribution in [0.3, 0.4) is 0 Å². The zero-order chi connectivity index (χ0) is 12.6. The van der Waals surface area contributed by atoms with E-state index in [-0.39, 0.29) is 17.2 Å². The van der Waals surface area contributed by atoms with E-state index < -0.39 is 0 Å². The summed E-state index contributed by atoms with van der Waals surface area (Å²) in [5.41, 5.74) is -0.386. The molecule has 0 fully saturated rings. The maximum Gasteiger partial charge on any atom is 0.225 e. The molecule has 0 aliphatic rings. The summed E-state index contributed by atoms with van der Waals surface area (Å²) < 4.78 is 0. The van der Waals surface area contributed by atoms with Crippen molar-refractivity contribution in [1.82, 2.24) is 10.6 Å². The third kappa shape index (κ3) is 7.51. The van der Waals surface area contributed by atoms with Crippen LogP contribution in [0, 0.1) is 5.41 Å². The minimum atomic E-state index is -0.386. The fourth-order valence-electron chi connectivity index (χ4n) is 0.959. The Morgan fingerprint density at radius 1 is 1.12 bits per heavy atom. The number of halogens is 1. The van der Waals surface area contributed by atoms with E-state index in [0.717, 1.165) is 0 Å². The Hall–Kier alpha value is -0.770.